The molecule has 1 aromatic rings. The lowest BCUT2D eigenvalue weighted by molar-refractivity contribution is 0.0192. The van der Waals surface area contributed by atoms with Crippen molar-refractivity contribution in [2.75, 3.05) is 0 Å². The third kappa shape index (κ3) is 2.89. The Bertz CT molecular complexity index is 402. The van der Waals surface area contributed by atoms with Gasteiger partial charge in [0.25, 0.3) is 0 Å². The number of hydrogen-bond donors (Lipinski definition) is 1. The summed E-state index contributed by atoms with van der Waals surface area (Å²) in [5.41, 5.74) is 0.193. The SMILES string of the molecule is CC(C)C1CCCC(O)(c2ccccc2Cl)CC1. The highest BCUT2D eigenvalue weighted by Crippen LogP contribution is 2.41. The van der Waals surface area contributed by atoms with E-state index in [0.29, 0.717) is 10.9 Å². The van der Waals surface area contributed by atoms with Crippen molar-refractivity contribution in [1.29, 1.82) is 0 Å². The van der Waals surface area contributed by atoms with E-state index in [4.69, 9.17) is 11.6 Å². The van der Waals surface area contributed by atoms with Crippen LogP contribution >= 0.6 is 11.6 Å². The average Bonchev–Trinajstić information content (AvgIpc) is 2.52. The van der Waals surface area contributed by atoms with Crippen molar-refractivity contribution < 1.29 is 5.11 Å². The van der Waals surface area contributed by atoms with Crippen LogP contribution in [0.5, 0.6) is 0 Å². The van der Waals surface area contributed by atoms with Crippen molar-refractivity contribution in [2.45, 2.75) is 51.6 Å². The minimum atomic E-state index is -0.720. The fourth-order valence-corrected chi connectivity index (χ4v) is 3.44. The van der Waals surface area contributed by atoms with Gasteiger partial charge in [-0.25, -0.2) is 0 Å². The van der Waals surface area contributed by atoms with Crippen LogP contribution in [0.4, 0.5) is 0 Å². The lowest BCUT2D eigenvalue weighted by atomic mass is 9.84. The van der Waals surface area contributed by atoms with E-state index in [1.54, 1.807) is 0 Å². The van der Waals surface area contributed by atoms with Crippen molar-refractivity contribution in [3.63, 3.8) is 0 Å². The van der Waals surface area contributed by atoms with Crippen LogP contribution in [0.15, 0.2) is 24.3 Å². The van der Waals surface area contributed by atoms with Crippen molar-refractivity contribution >= 4 is 11.6 Å². The van der Waals surface area contributed by atoms with Gasteiger partial charge in [-0.05, 0) is 43.6 Å². The second kappa shape index (κ2) is 5.63. The zero-order valence-electron chi connectivity index (χ0n) is 11.3. The van der Waals surface area contributed by atoms with Gasteiger partial charge >= 0.3 is 0 Å². The van der Waals surface area contributed by atoms with Gasteiger partial charge in [0.05, 0.1) is 5.60 Å². The van der Waals surface area contributed by atoms with E-state index in [0.717, 1.165) is 37.2 Å². The van der Waals surface area contributed by atoms with E-state index in [9.17, 15) is 5.11 Å². The van der Waals surface area contributed by atoms with Gasteiger partial charge in [-0.3, -0.25) is 0 Å². The molecule has 2 atom stereocenters. The van der Waals surface area contributed by atoms with Crippen LogP contribution in [0.25, 0.3) is 0 Å². The highest BCUT2D eigenvalue weighted by Gasteiger charge is 2.34. The first kappa shape index (κ1) is 13.9. The summed E-state index contributed by atoms with van der Waals surface area (Å²) >= 11 is 6.24. The lowest BCUT2D eigenvalue weighted by Gasteiger charge is -2.28. The smallest absolute Gasteiger partial charge is 0.0911 e. The van der Waals surface area contributed by atoms with E-state index in [-0.39, 0.29) is 0 Å². The number of benzene rings is 1. The van der Waals surface area contributed by atoms with Crippen molar-refractivity contribution in [3.05, 3.63) is 34.9 Å². The molecule has 0 spiro atoms. The molecule has 1 saturated carbocycles. The summed E-state index contributed by atoms with van der Waals surface area (Å²) in [5.74, 6) is 1.44. The number of aliphatic hydroxyl groups is 1. The maximum absolute atomic E-state index is 10.9. The molecular formula is C16H23ClO. The normalized spacial score (nSPS) is 29.3. The van der Waals surface area contributed by atoms with Crippen LogP contribution in [0.1, 0.15) is 51.5 Å². The molecule has 2 heteroatoms. The molecule has 18 heavy (non-hydrogen) atoms. The Labute approximate surface area is 115 Å². The Balaban J connectivity index is 2.19. The molecule has 0 saturated heterocycles. The molecule has 1 aliphatic rings. The van der Waals surface area contributed by atoms with Gasteiger partial charge < -0.3 is 5.11 Å². The second-order valence-electron chi connectivity index (χ2n) is 5.95. The molecule has 0 heterocycles. The fraction of sp³-hybridized carbons (Fsp3) is 0.625. The van der Waals surface area contributed by atoms with E-state index in [2.05, 4.69) is 13.8 Å². The molecule has 0 aliphatic heterocycles. The zero-order valence-corrected chi connectivity index (χ0v) is 12.1. The Morgan fingerprint density at radius 2 is 1.94 bits per heavy atom. The molecule has 0 bridgehead atoms. The predicted octanol–water partition coefficient (Wildman–Crippen LogP) is 4.76. The number of rotatable bonds is 2. The molecule has 1 nitrogen and oxygen atoms in total. The van der Waals surface area contributed by atoms with Gasteiger partial charge in [0.15, 0.2) is 0 Å². The van der Waals surface area contributed by atoms with Crippen LogP contribution in [-0.2, 0) is 5.60 Å². The highest BCUT2D eigenvalue weighted by molar-refractivity contribution is 6.31. The largest absolute Gasteiger partial charge is 0.385 e. The van der Waals surface area contributed by atoms with Gasteiger partial charge in [-0.2, -0.15) is 0 Å². The molecule has 1 aromatic carbocycles. The van der Waals surface area contributed by atoms with Gasteiger partial charge in [-0.15, -0.1) is 0 Å². The Hall–Kier alpha value is -0.530. The summed E-state index contributed by atoms with van der Waals surface area (Å²) in [6, 6.07) is 7.73. The molecule has 2 unspecified atom stereocenters. The first-order chi connectivity index (χ1) is 8.53. The molecule has 0 radical (unpaired) electrons. The summed E-state index contributed by atoms with van der Waals surface area (Å²) in [6.45, 7) is 4.56. The van der Waals surface area contributed by atoms with Gasteiger partial charge in [-0.1, -0.05) is 50.1 Å². The molecule has 1 N–H and O–H groups in total. The topological polar surface area (TPSA) is 20.2 Å². The maximum atomic E-state index is 10.9. The van der Waals surface area contributed by atoms with Gasteiger partial charge in [0.1, 0.15) is 0 Å². The van der Waals surface area contributed by atoms with E-state index in [1.807, 2.05) is 24.3 Å². The number of halogens is 1. The first-order valence-corrected chi connectivity index (χ1v) is 7.38. The summed E-state index contributed by atoms with van der Waals surface area (Å²) in [6.07, 6.45) is 5.08. The summed E-state index contributed by atoms with van der Waals surface area (Å²) in [4.78, 5) is 0. The predicted molar refractivity (Wildman–Crippen MR) is 76.8 cm³/mol. The van der Waals surface area contributed by atoms with E-state index >= 15 is 0 Å². The fourth-order valence-electron chi connectivity index (χ4n) is 3.12. The lowest BCUT2D eigenvalue weighted by Crippen LogP contribution is -2.25. The van der Waals surface area contributed by atoms with Crippen molar-refractivity contribution in [1.82, 2.24) is 0 Å². The first-order valence-electron chi connectivity index (χ1n) is 7.00. The molecule has 1 aliphatic carbocycles. The van der Waals surface area contributed by atoms with E-state index in [1.165, 1.54) is 6.42 Å². The zero-order chi connectivity index (χ0) is 13.2. The van der Waals surface area contributed by atoms with Gasteiger partial charge in [0.2, 0.25) is 0 Å². The maximum Gasteiger partial charge on any atom is 0.0911 e. The minimum Gasteiger partial charge on any atom is -0.385 e. The third-order valence-electron chi connectivity index (χ3n) is 4.41. The third-order valence-corrected chi connectivity index (χ3v) is 4.74. The standard InChI is InChI=1S/C16H23ClO/c1-12(2)13-6-5-10-16(18,11-9-13)14-7-3-4-8-15(14)17/h3-4,7-8,12-13,18H,5-6,9-11H2,1-2H3. The average molecular weight is 267 g/mol. The van der Waals surface area contributed by atoms with Gasteiger partial charge in [0, 0.05) is 10.6 Å². The van der Waals surface area contributed by atoms with Crippen LogP contribution in [-0.4, -0.2) is 5.11 Å². The monoisotopic (exact) mass is 266 g/mol. The van der Waals surface area contributed by atoms with Crippen molar-refractivity contribution in [2.24, 2.45) is 11.8 Å². The Kier molecular flexibility index (Phi) is 4.34. The Morgan fingerprint density at radius 1 is 1.22 bits per heavy atom. The minimum absolute atomic E-state index is 0.697. The molecule has 100 valence electrons. The highest BCUT2D eigenvalue weighted by atomic mass is 35.5. The quantitative estimate of drug-likeness (QED) is 0.765. The van der Waals surface area contributed by atoms with Crippen molar-refractivity contribution in [3.8, 4) is 0 Å². The van der Waals surface area contributed by atoms with Crippen LogP contribution in [0.3, 0.4) is 0 Å². The summed E-state index contributed by atoms with van der Waals surface area (Å²) in [5, 5.41) is 11.6. The summed E-state index contributed by atoms with van der Waals surface area (Å²) < 4.78 is 0. The Morgan fingerprint density at radius 3 is 2.61 bits per heavy atom. The molecule has 0 aromatic heterocycles. The van der Waals surface area contributed by atoms with E-state index < -0.39 is 5.60 Å². The van der Waals surface area contributed by atoms with Crippen LogP contribution in [0, 0.1) is 11.8 Å². The van der Waals surface area contributed by atoms with Crippen LogP contribution < -0.4 is 0 Å². The molecule has 1 fully saturated rings. The number of hydrogen-bond acceptors (Lipinski definition) is 1. The molecule has 0 amide bonds. The second-order valence-corrected chi connectivity index (χ2v) is 6.35. The van der Waals surface area contributed by atoms with Crippen LogP contribution in [0.2, 0.25) is 5.02 Å². The molecule has 2 rings (SSSR count). The molecular weight excluding hydrogens is 244 g/mol. The summed E-state index contributed by atoms with van der Waals surface area (Å²) in [7, 11) is 0.